The van der Waals surface area contributed by atoms with E-state index in [0.29, 0.717) is 5.02 Å². The summed E-state index contributed by atoms with van der Waals surface area (Å²) < 4.78 is 0. The van der Waals surface area contributed by atoms with Crippen molar-refractivity contribution in [1.29, 1.82) is 0 Å². The highest BCUT2D eigenvalue weighted by Gasteiger charge is 2.12. The van der Waals surface area contributed by atoms with Crippen molar-refractivity contribution in [3.05, 3.63) is 64.7 Å². The van der Waals surface area contributed by atoms with Gasteiger partial charge in [0.25, 0.3) is 0 Å². The molecule has 4 nitrogen and oxygen atoms in total. The molecule has 1 aliphatic heterocycles. The van der Waals surface area contributed by atoms with Gasteiger partial charge in [-0.1, -0.05) is 41.9 Å². The highest BCUT2D eigenvalue weighted by Crippen LogP contribution is 2.22. The van der Waals surface area contributed by atoms with Crippen LogP contribution in [-0.2, 0) is 11.3 Å². The molecule has 1 atom stereocenters. The Morgan fingerprint density at radius 1 is 1.12 bits per heavy atom. The molecule has 0 aromatic heterocycles. The van der Waals surface area contributed by atoms with Gasteiger partial charge < -0.3 is 10.6 Å². The van der Waals surface area contributed by atoms with Crippen molar-refractivity contribution >= 4 is 23.2 Å². The van der Waals surface area contributed by atoms with Crippen LogP contribution in [0.25, 0.3) is 0 Å². The molecular weight excluding hydrogens is 346 g/mol. The summed E-state index contributed by atoms with van der Waals surface area (Å²) in [4.78, 5) is 14.6. The number of carbonyl (C=O) groups excluding carboxylic acids is 1. The van der Waals surface area contributed by atoms with Crippen LogP contribution >= 0.6 is 11.6 Å². The Kier molecular flexibility index (Phi) is 6.67. The Balaban J connectivity index is 1.46. The number of hydrogen-bond donors (Lipinski definition) is 2. The van der Waals surface area contributed by atoms with Crippen molar-refractivity contribution < 1.29 is 4.79 Å². The van der Waals surface area contributed by atoms with Gasteiger partial charge >= 0.3 is 0 Å². The van der Waals surface area contributed by atoms with Gasteiger partial charge in [0.05, 0.1) is 6.54 Å². The van der Waals surface area contributed by atoms with E-state index >= 15 is 0 Å². The van der Waals surface area contributed by atoms with Crippen LogP contribution in [0.15, 0.2) is 48.5 Å². The molecule has 1 fully saturated rings. The maximum Gasteiger partial charge on any atom is 0.238 e. The van der Waals surface area contributed by atoms with Crippen LogP contribution in [0.2, 0.25) is 5.02 Å². The van der Waals surface area contributed by atoms with Crippen LogP contribution in [0.1, 0.15) is 36.9 Å². The van der Waals surface area contributed by atoms with Gasteiger partial charge in [0.1, 0.15) is 0 Å². The van der Waals surface area contributed by atoms with Crippen molar-refractivity contribution in [3.63, 3.8) is 0 Å². The molecule has 1 aliphatic rings. The van der Waals surface area contributed by atoms with Crippen LogP contribution in [0, 0.1) is 0 Å². The smallest absolute Gasteiger partial charge is 0.238 e. The molecule has 0 radical (unpaired) electrons. The quantitative estimate of drug-likeness (QED) is 0.765. The van der Waals surface area contributed by atoms with E-state index in [2.05, 4.69) is 27.7 Å². The molecule has 26 heavy (non-hydrogen) atoms. The number of carbonyl (C=O) groups is 1. The van der Waals surface area contributed by atoms with E-state index in [1.807, 2.05) is 43.3 Å². The van der Waals surface area contributed by atoms with Gasteiger partial charge in [-0.15, -0.1) is 0 Å². The summed E-state index contributed by atoms with van der Waals surface area (Å²) in [6.45, 7) is 5.61. The summed E-state index contributed by atoms with van der Waals surface area (Å²) in [6.07, 6.45) is 2.60. The fourth-order valence-corrected chi connectivity index (χ4v) is 3.58. The van der Waals surface area contributed by atoms with E-state index < -0.39 is 0 Å². The zero-order chi connectivity index (χ0) is 18.4. The molecule has 0 saturated carbocycles. The second-order valence-corrected chi connectivity index (χ2v) is 7.26. The number of benzene rings is 2. The number of amides is 1. The van der Waals surface area contributed by atoms with Gasteiger partial charge in [-0.25, -0.2) is 0 Å². The highest BCUT2D eigenvalue weighted by atomic mass is 35.5. The molecule has 1 saturated heterocycles. The summed E-state index contributed by atoms with van der Waals surface area (Å²) in [7, 11) is 0. The van der Waals surface area contributed by atoms with Gasteiger partial charge in [-0.3, -0.25) is 9.69 Å². The molecule has 138 valence electrons. The second-order valence-electron chi connectivity index (χ2n) is 6.85. The van der Waals surface area contributed by atoms with Gasteiger partial charge in [-0.2, -0.15) is 0 Å². The van der Waals surface area contributed by atoms with E-state index in [4.69, 9.17) is 11.6 Å². The Hall–Kier alpha value is -1.88. The number of likely N-dealkylation sites (tertiary alicyclic amines) is 1. The molecule has 2 aromatic rings. The van der Waals surface area contributed by atoms with Crippen molar-refractivity contribution in [2.75, 3.05) is 25.0 Å². The minimum atomic E-state index is -0.0591. The van der Waals surface area contributed by atoms with E-state index in [9.17, 15) is 4.79 Å². The van der Waals surface area contributed by atoms with E-state index in [-0.39, 0.29) is 18.5 Å². The van der Waals surface area contributed by atoms with Crippen LogP contribution in [0.4, 0.5) is 5.69 Å². The van der Waals surface area contributed by atoms with E-state index in [1.165, 1.54) is 31.5 Å². The first-order valence-corrected chi connectivity index (χ1v) is 9.58. The van der Waals surface area contributed by atoms with Crippen molar-refractivity contribution in [3.8, 4) is 0 Å². The molecule has 3 rings (SSSR count). The van der Waals surface area contributed by atoms with Gasteiger partial charge in [0.2, 0.25) is 5.91 Å². The third-order valence-corrected chi connectivity index (χ3v) is 5.13. The third kappa shape index (κ3) is 5.31. The molecule has 0 bridgehead atoms. The molecule has 0 unspecified atom stereocenters. The number of nitrogens with one attached hydrogen (secondary N) is 2. The lowest BCUT2D eigenvalue weighted by molar-refractivity contribution is -0.115. The lowest BCUT2D eigenvalue weighted by atomic mass is 10.1. The Morgan fingerprint density at radius 3 is 2.50 bits per heavy atom. The molecule has 5 heteroatoms. The predicted molar refractivity (Wildman–Crippen MR) is 107 cm³/mol. The first-order chi connectivity index (χ1) is 12.6. The first-order valence-electron chi connectivity index (χ1n) is 9.21. The number of anilines is 1. The monoisotopic (exact) mass is 371 g/mol. The lowest BCUT2D eigenvalue weighted by Gasteiger charge is -2.16. The van der Waals surface area contributed by atoms with Crippen LogP contribution in [0.3, 0.4) is 0 Å². The van der Waals surface area contributed by atoms with Crippen molar-refractivity contribution in [1.82, 2.24) is 10.2 Å². The van der Waals surface area contributed by atoms with Crippen LogP contribution in [-0.4, -0.2) is 30.4 Å². The normalized spacial score (nSPS) is 15.8. The first kappa shape index (κ1) is 18.9. The average Bonchev–Trinajstić information content (AvgIpc) is 3.15. The maximum absolute atomic E-state index is 12.2. The molecule has 1 heterocycles. The molecule has 1 amide bonds. The minimum absolute atomic E-state index is 0.0114. The number of halogens is 1. The number of rotatable bonds is 7. The molecule has 2 N–H and O–H groups in total. The SMILES string of the molecule is C[C@H](NCC(=O)Nc1ccc(CN2CCCC2)cc1)c1ccccc1Cl. The Morgan fingerprint density at radius 2 is 1.81 bits per heavy atom. The van der Waals surface area contributed by atoms with E-state index in [0.717, 1.165) is 17.8 Å². The zero-order valence-electron chi connectivity index (χ0n) is 15.2. The summed E-state index contributed by atoms with van der Waals surface area (Å²) >= 11 is 6.20. The number of nitrogens with zero attached hydrogens (tertiary/aromatic N) is 1. The third-order valence-electron chi connectivity index (χ3n) is 4.78. The van der Waals surface area contributed by atoms with Crippen molar-refractivity contribution in [2.45, 2.75) is 32.4 Å². The fourth-order valence-electron chi connectivity index (χ4n) is 3.28. The highest BCUT2D eigenvalue weighted by molar-refractivity contribution is 6.31. The van der Waals surface area contributed by atoms with Gasteiger partial charge in [0.15, 0.2) is 0 Å². The largest absolute Gasteiger partial charge is 0.325 e. The van der Waals surface area contributed by atoms with Gasteiger partial charge in [0, 0.05) is 23.3 Å². The summed E-state index contributed by atoms with van der Waals surface area (Å²) in [6, 6.07) is 15.8. The standard InChI is InChI=1S/C21H26ClN3O/c1-16(19-6-2-3-7-20(19)22)23-14-21(26)24-18-10-8-17(9-11-18)15-25-12-4-5-13-25/h2-3,6-11,16,23H,4-5,12-15H2,1H3,(H,24,26)/t16-/m0/s1. The van der Waals surface area contributed by atoms with Crippen LogP contribution in [0.5, 0.6) is 0 Å². The second kappa shape index (κ2) is 9.17. The average molecular weight is 372 g/mol. The lowest BCUT2D eigenvalue weighted by Crippen LogP contribution is -2.30. The minimum Gasteiger partial charge on any atom is -0.325 e. The summed E-state index contributed by atoms with van der Waals surface area (Å²) in [5, 5.41) is 6.86. The Labute approximate surface area is 160 Å². The van der Waals surface area contributed by atoms with Crippen molar-refractivity contribution in [2.24, 2.45) is 0 Å². The maximum atomic E-state index is 12.2. The zero-order valence-corrected chi connectivity index (χ0v) is 15.9. The fraction of sp³-hybridized carbons (Fsp3) is 0.381. The summed E-state index contributed by atoms with van der Waals surface area (Å²) in [5.74, 6) is -0.0591. The molecule has 0 aliphatic carbocycles. The van der Waals surface area contributed by atoms with E-state index in [1.54, 1.807) is 0 Å². The molecule has 0 spiro atoms. The summed E-state index contributed by atoms with van der Waals surface area (Å²) in [5.41, 5.74) is 3.11. The number of hydrogen-bond acceptors (Lipinski definition) is 3. The Bertz CT molecular complexity index is 726. The van der Waals surface area contributed by atoms with Crippen LogP contribution < -0.4 is 10.6 Å². The molecular formula is C21H26ClN3O. The molecule has 2 aromatic carbocycles. The topological polar surface area (TPSA) is 44.4 Å². The predicted octanol–water partition coefficient (Wildman–Crippen LogP) is 4.23. The van der Waals surface area contributed by atoms with Gasteiger partial charge in [-0.05, 0) is 62.2 Å².